The highest BCUT2D eigenvalue weighted by atomic mass is 35.5. The molecule has 9 heteroatoms. The number of halogens is 2. The number of anilines is 1. The minimum Gasteiger partial charge on any atom is -0.482 e. The molecule has 0 aliphatic carbocycles. The van der Waals surface area contributed by atoms with Crippen LogP contribution in [0.2, 0.25) is 10.0 Å². The normalized spacial score (nSPS) is 11.3. The highest BCUT2D eigenvalue weighted by Gasteiger charge is 2.22. The molecule has 0 radical (unpaired) electrons. The van der Waals surface area contributed by atoms with Gasteiger partial charge in [0.05, 0.1) is 10.7 Å². The van der Waals surface area contributed by atoms with Gasteiger partial charge in [0.2, 0.25) is 0 Å². The smallest absolute Gasteiger partial charge is 0.263 e. The molecule has 7 nitrogen and oxygen atoms in total. The lowest BCUT2D eigenvalue weighted by Gasteiger charge is -2.13. The predicted molar refractivity (Wildman–Crippen MR) is 108 cm³/mol. The highest BCUT2D eigenvalue weighted by molar-refractivity contribution is 6.34. The molecule has 0 aliphatic rings. The second-order valence-corrected chi connectivity index (χ2v) is 7.88. The van der Waals surface area contributed by atoms with Crippen LogP contribution in [0.15, 0.2) is 42.7 Å². The SMILES string of the molecule is CC(C)(C)c1cc(NC(=O)COc2cc(Cl)ccc2Cl)n(-c2ncccn2)n1. The summed E-state index contributed by atoms with van der Waals surface area (Å²) in [5, 5.41) is 8.17. The van der Waals surface area contributed by atoms with E-state index in [1.165, 1.54) is 4.68 Å². The molecule has 0 spiro atoms. The van der Waals surface area contributed by atoms with E-state index in [-0.39, 0.29) is 17.9 Å². The predicted octanol–water partition coefficient (Wildman–Crippen LogP) is 4.28. The largest absolute Gasteiger partial charge is 0.482 e. The Balaban J connectivity index is 1.80. The van der Waals surface area contributed by atoms with Gasteiger partial charge in [-0.3, -0.25) is 4.79 Å². The van der Waals surface area contributed by atoms with E-state index in [1.54, 1.807) is 42.7 Å². The number of rotatable bonds is 5. The van der Waals surface area contributed by atoms with Gasteiger partial charge >= 0.3 is 0 Å². The number of carbonyl (C=O) groups excluding carboxylic acids is 1. The first kappa shape index (κ1) is 20.1. The maximum atomic E-state index is 12.4. The Bertz CT molecular complexity index is 984. The third-order valence-electron chi connectivity index (χ3n) is 3.74. The first-order chi connectivity index (χ1) is 13.2. The molecule has 3 aromatic rings. The van der Waals surface area contributed by atoms with Crippen LogP contribution in [0.3, 0.4) is 0 Å². The van der Waals surface area contributed by atoms with Gasteiger partial charge < -0.3 is 10.1 Å². The van der Waals surface area contributed by atoms with Gasteiger partial charge in [-0.05, 0) is 18.2 Å². The standard InChI is InChI=1S/C19H19Cl2N5O2/c1-19(2,3)15-10-16(26(25-15)18-22-7-4-8-23-18)24-17(27)11-28-14-9-12(20)5-6-13(14)21/h4-10H,11H2,1-3H3,(H,24,27). The minimum atomic E-state index is -0.381. The van der Waals surface area contributed by atoms with Gasteiger partial charge in [-0.25, -0.2) is 9.97 Å². The number of aromatic nitrogens is 4. The second kappa shape index (κ2) is 8.16. The van der Waals surface area contributed by atoms with Crippen molar-refractivity contribution in [2.24, 2.45) is 0 Å². The Morgan fingerprint density at radius 3 is 2.57 bits per heavy atom. The molecular formula is C19H19Cl2N5O2. The van der Waals surface area contributed by atoms with Gasteiger partial charge in [-0.15, -0.1) is 0 Å². The molecule has 0 fully saturated rings. The first-order valence-corrected chi connectivity index (χ1v) is 9.25. The summed E-state index contributed by atoms with van der Waals surface area (Å²) in [7, 11) is 0. The van der Waals surface area contributed by atoms with Gasteiger partial charge in [-0.1, -0.05) is 44.0 Å². The molecule has 2 aromatic heterocycles. The minimum absolute atomic E-state index is 0.218. The lowest BCUT2D eigenvalue weighted by Crippen LogP contribution is -2.22. The average Bonchev–Trinajstić information content (AvgIpc) is 3.07. The zero-order chi connectivity index (χ0) is 20.3. The monoisotopic (exact) mass is 419 g/mol. The van der Waals surface area contributed by atoms with Crippen molar-refractivity contribution in [1.29, 1.82) is 0 Å². The van der Waals surface area contributed by atoms with Crippen LogP contribution >= 0.6 is 23.2 Å². The summed E-state index contributed by atoms with van der Waals surface area (Å²) < 4.78 is 6.97. The van der Waals surface area contributed by atoms with E-state index in [1.807, 2.05) is 20.8 Å². The van der Waals surface area contributed by atoms with E-state index in [4.69, 9.17) is 27.9 Å². The number of benzene rings is 1. The molecule has 3 rings (SSSR count). The van der Waals surface area contributed by atoms with E-state index in [0.717, 1.165) is 5.69 Å². The van der Waals surface area contributed by atoms with Crippen molar-refractivity contribution in [2.75, 3.05) is 11.9 Å². The Kier molecular flexibility index (Phi) is 5.86. The van der Waals surface area contributed by atoms with Crippen LogP contribution < -0.4 is 10.1 Å². The van der Waals surface area contributed by atoms with Crippen LogP contribution in [0, 0.1) is 0 Å². The summed E-state index contributed by atoms with van der Waals surface area (Å²) in [4.78, 5) is 20.8. The molecule has 0 bridgehead atoms. The number of hydrogen-bond donors (Lipinski definition) is 1. The number of amides is 1. The quantitative estimate of drug-likeness (QED) is 0.666. The molecule has 1 aromatic carbocycles. The van der Waals surface area contributed by atoms with Gasteiger partial charge in [0.1, 0.15) is 11.6 Å². The zero-order valence-corrected chi connectivity index (χ0v) is 17.1. The fraction of sp³-hybridized carbons (Fsp3) is 0.263. The van der Waals surface area contributed by atoms with Gasteiger partial charge in [-0.2, -0.15) is 9.78 Å². The fourth-order valence-corrected chi connectivity index (χ4v) is 2.63. The van der Waals surface area contributed by atoms with Crippen molar-refractivity contribution in [2.45, 2.75) is 26.2 Å². The van der Waals surface area contributed by atoms with Crippen molar-refractivity contribution >= 4 is 34.9 Å². The lowest BCUT2D eigenvalue weighted by atomic mass is 9.92. The van der Waals surface area contributed by atoms with Gasteiger partial charge in [0.15, 0.2) is 6.61 Å². The van der Waals surface area contributed by atoms with Crippen molar-refractivity contribution in [3.05, 3.63) is 58.5 Å². The summed E-state index contributed by atoms with van der Waals surface area (Å²) in [5.41, 5.74) is 0.568. The lowest BCUT2D eigenvalue weighted by molar-refractivity contribution is -0.118. The number of nitrogens with one attached hydrogen (secondary N) is 1. The summed E-state index contributed by atoms with van der Waals surface area (Å²) >= 11 is 12.0. The maximum absolute atomic E-state index is 12.4. The first-order valence-electron chi connectivity index (χ1n) is 8.49. The molecule has 0 unspecified atom stereocenters. The van der Waals surface area contributed by atoms with E-state index in [9.17, 15) is 4.79 Å². The maximum Gasteiger partial charge on any atom is 0.263 e. The highest BCUT2D eigenvalue weighted by Crippen LogP contribution is 2.28. The Morgan fingerprint density at radius 2 is 1.89 bits per heavy atom. The molecule has 146 valence electrons. The third-order valence-corrected chi connectivity index (χ3v) is 4.29. The third kappa shape index (κ3) is 4.79. The zero-order valence-electron chi connectivity index (χ0n) is 15.6. The van der Waals surface area contributed by atoms with Crippen molar-refractivity contribution in [1.82, 2.24) is 19.7 Å². The molecule has 2 heterocycles. The number of hydrogen-bond acceptors (Lipinski definition) is 5. The Morgan fingerprint density at radius 1 is 1.18 bits per heavy atom. The second-order valence-electron chi connectivity index (χ2n) is 7.04. The van der Waals surface area contributed by atoms with E-state index >= 15 is 0 Å². The van der Waals surface area contributed by atoms with Crippen molar-refractivity contribution in [3.63, 3.8) is 0 Å². The summed E-state index contributed by atoms with van der Waals surface area (Å²) in [6.07, 6.45) is 3.22. The molecule has 1 amide bonds. The topological polar surface area (TPSA) is 81.9 Å². The van der Waals surface area contributed by atoms with Gasteiger partial charge in [0.25, 0.3) is 11.9 Å². The number of ether oxygens (including phenoxy) is 1. The van der Waals surface area contributed by atoms with E-state index in [2.05, 4.69) is 20.4 Å². The van der Waals surface area contributed by atoms with Crippen LogP contribution in [0.1, 0.15) is 26.5 Å². The summed E-state index contributed by atoms with van der Waals surface area (Å²) in [6, 6.07) is 8.30. The van der Waals surface area contributed by atoms with Crippen LogP contribution in [0.25, 0.3) is 5.95 Å². The van der Waals surface area contributed by atoms with Crippen LogP contribution in [-0.2, 0) is 10.2 Å². The van der Waals surface area contributed by atoms with Crippen LogP contribution in [0.4, 0.5) is 5.82 Å². The molecule has 1 N–H and O–H groups in total. The van der Waals surface area contributed by atoms with Crippen molar-refractivity contribution in [3.8, 4) is 11.7 Å². The molecule has 0 aliphatic heterocycles. The van der Waals surface area contributed by atoms with Crippen LogP contribution in [0.5, 0.6) is 5.75 Å². The average molecular weight is 420 g/mol. The number of nitrogens with zero attached hydrogens (tertiary/aromatic N) is 4. The summed E-state index contributed by atoms with van der Waals surface area (Å²) in [5.74, 6) is 0.752. The van der Waals surface area contributed by atoms with Crippen LogP contribution in [-0.4, -0.2) is 32.3 Å². The number of carbonyl (C=O) groups is 1. The Hall–Kier alpha value is -2.64. The van der Waals surface area contributed by atoms with Crippen molar-refractivity contribution < 1.29 is 9.53 Å². The molecule has 0 saturated heterocycles. The fourth-order valence-electron chi connectivity index (χ4n) is 2.30. The Labute approximate surface area is 172 Å². The van der Waals surface area contributed by atoms with E-state index in [0.29, 0.717) is 27.6 Å². The summed E-state index contributed by atoms with van der Waals surface area (Å²) in [6.45, 7) is 5.84. The van der Waals surface area contributed by atoms with Gasteiger partial charge in [0, 0.05) is 35.0 Å². The van der Waals surface area contributed by atoms with E-state index < -0.39 is 0 Å². The molecule has 0 atom stereocenters. The molecule has 28 heavy (non-hydrogen) atoms. The molecule has 0 saturated carbocycles. The molecular weight excluding hydrogens is 401 g/mol.